The molecule has 5 nitrogen and oxygen atoms in total. The number of ether oxygens (including phenoxy) is 3. The van der Waals surface area contributed by atoms with Crippen LogP contribution in [0.3, 0.4) is 0 Å². The van der Waals surface area contributed by atoms with Gasteiger partial charge in [0.25, 0.3) is 0 Å². The molecule has 0 saturated carbocycles. The summed E-state index contributed by atoms with van der Waals surface area (Å²) in [6.45, 7) is 3.81. The first kappa shape index (κ1) is 17.8. The fraction of sp³-hybridized carbons (Fsp3) is 0.429. The number of rotatable bonds is 4. The van der Waals surface area contributed by atoms with Gasteiger partial charge in [-0.1, -0.05) is 25.1 Å². The maximum atomic E-state index is 7.26. The normalized spacial score (nSPS) is 14.8. The molecule has 0 radical (unpaired) electrons. The summed E-state index contributed by atoms with van der Waals surface area (Å²) in [4.78, 5) is 0. The fourth-order valence-electron chi connectivity index (χ4n) is 1.60. The van der Waals surface area contributed by atoms with Crippen molar-refractivity contribution in [2.45, 2.75) is 19.1 Å². The molecule has 1 fully saturated rings. The summed E-state index contributed by atoms with van der Waals surface area (Å²) in [5.41, 5.74) is 0. The molecule has 0 unspecified atom stereocenters. The van der Waals surface area contributed by atoms with Crippen molar-refractivity contribution in [3.05, 3.63) is 30.3 Å². The minimum Gasteiger partial charge on any atom is -0.488 e. The predicted octanol–water partition coefficient (Wildman–Crippen LogP) is 2.40. The number of nitrogens with zero attached hydrogens (tertiary/aromatic N) is 2. The Morgan fingerprint density at radius 3 is 2.15 bits per heavy atom. The lowest BCUT2D eigenvalue weighted by molar-refractivity contribution is -0.178. The Morgan fingerprint density at radius 1 is 1.15 bits per heavy atom. The maximum absolute atomic E-state index is 7.26. The lowest BCUT2D eigenvalue weighted by atomic mass is 10.2. The average molecular weight is 280 g/mol. The molecule has 1 saturated heterocycles. The highest BCUT2D eigenvalue weighted by Crippen LogP contribution is 2.24. The second kappa shape index (κ2) is 9.74. The summed E-state index contributed by atoms with van der Waals surface area (Å²) in [6.07, 6.45) is 0.805. The van der Waals surface area contributed by atoms with Gasteiger partial charge in [-0.25, -0.2) is 0 Å². The van der Waals surface area contributed by atoms with Crippen LogP contribution in [0.2, 0.25) is 0 Å². The minimum absolute atomic E-state index is 0. The van der Waals surface area contributed by atoms with Crippen LogP contribution in [0.5, 0.6) is 5.75 Å². The molecule has 1 aromatic rings. The minimum atomic E-state index is -0.532. The van der Waals surface area contributed by atoms with Gasteiger partial charge in [0.15, 0.2) is 12.1 Å². The Labute approximate surface area is 117 Å². The molecular formula is C14H17FN2O3. The summed E-state index contributed by atoms with van der Waals surface area (Å²) in [5, 5.41) is 14.5. The van der Waals surface area contributed by atoms with E-state index in [2.05, 4.69) is 0 Å². The van der Waals surface area contributed by atoms with E-state index < -0.39 is 5.79 Å². The zero-order chi connectivity index (χ0) is 14.0. The van der Waals surface area contributed by atoms with Crippen LogP contribution in [0.4, 0.5) is 4.70 Å². The SMILES string of the molecule is CCC1(COc2ccccc2)OCCO1.F.N#CC#N. The third-order valence-corrected chi connectivity index (χ3v) is 2.60. The van der Waals surface area contributed by atoms with Gasteiger partial charge in [0.05, 0.1) is 13.2 Å². The van der Waals surface area contributed by atoms with Gasteiger partial charge in [-0.3, -0.25) is 4.70 Å². The second-order valence-electron chi connectivity index (χ2n) is 3.79. The molecule has 1 aliphatic rings. The highest BCUT2D eigenvalue weighted by Gasteiger charge is 2.35. The first-order chi connectivity index (χ1) is 9.26. The van der Waals surface area contributed by atoms with Crippen LogP contribution in [-0.2, 0) is 9.47 Å². The highest BCUT2D eigenvalue weighted by molar-refractivity contribution is 5.21. The summed E-state index contributed by atoms with van der Waals surface area (Å²) in [5.74, 6) is 0.319. The van der Waals surface area contributed by atoms with Gasteiger partial charge in [0.2, 0.25) is 5.79 Å². The summed E-state index contributed by atoms with van der Waals surface area (Å²) in [6, 6.07) is 12.2. The Kier molecular flexibility index (Phi) is 8.69. The summed E-state index contributed by atoms with van der Waals surface area (Å²) < 4.78 is 16.8. The number of para-hydroxylation sites is 1. The zero-order valence-electron chi connectivity index (χ0n) is 11.2. The zero-order valence-corrected chi connectivity index (χ0v) is 11.2. The molecule has 0 atom stereocenters. The molecule has 0 aliphatic carbocycles. The molecule has 1 heterocycles. The Bertz CT molecular complexity index is 436. The van der Waals surface area contributed by atoms with Crippen molar-refractivity contribution < 1.29 is 18.9 Å². The summed E-state index contributed by atoms with van der Waals surface area (Å²) >= 11 is 0. The van der Waals surface area contributed by atoms with Crippen LogP contribution in [0.25, 0.3) is 0 Å². The molecule has 2 rings (SSSR count). The topological polar surface area (TPSA) is 75.3 Å². The molecule has 20 heavy (non-hydrogen) atoms. The van der Waals surface area contributed by atoms with E-state index in [4.69, 9.17) is 24.7 Å². The largest absolute Gasteiger partial charge is 0.488 e. The third-order valence-electron chi connectivity index (χ3n) is 2.60. The van der Waals surface area contributed by atoms with Crippen molar-refractivity contribution in [2.75, 3.05) is 19.8 Å². The van der Waals surface area contributed by atoms with E-state index in [0.29, 0.717) is 19.8 Å². The molecule has 0 amide bonds. The number of hydrogen-bond donors (Lipinski definition) is 0. The van der Waals surface area contributed by atoms with E-state index in [0.717, 1.165) is 12.2 Å². The van der Waals surface area contributed by atoms with Gasteiger partial charge < -0.3 is 14.2 Å². The molecule has 0 bridgehead atoms. The number of benzene rings is 1. The number of nitriles is 2. The van der Waals surface area contributed by atoms with Crippen LogP contribution in [0.15, 0.2) is 30.3 Å². The van der Waals surface area contributed by atoms with Crippen LogP contribution in [0.1, 0.15) is 13.3 Å². The van der Waals surface area contributed by atoms with Crippen LogP contribution in [-0.4, -0.2) is 25.6 Å². The van der Waals surface area contributed by atoms with Crippen LogP contribution in [0, 0.1) is 22.7 Å². The summed E-state index contributed by atoms with van der Waals surface area (Å²) in [7, 11) is 0. The smallest absolute Gasteiger partial charge is 0.202 e. The highest BCUT2D eigenvalue weighted by atomic mass is 19.0. The predicted molar refractivity (Wildman–Crippen MR) is 70.6 cm³/mol. The van der Waals surface area contributed by atoms with E-state index in [1.165, 1.54) is 12.1 Å². The Hall–Kier alpha value is -2.15. The molecule has 108 valence electrons. The quantitative estimate of drug-likeness (QED) is 0.846. The van der Waals surface area contributed by atoms with E-state index in [1.54, 1.807) is 0 Å². The second-order valence-corrected chi connectivity index (χ2v) is 3.79. The van der Waals surface area contributed by atoms with Gasteiger partial charge in [-0.15, -0.1) is 0 Å². The van der Waals surface area contributed by atoms with E-state index >= 15 is 0 Å². The molecule has 0 N–H and O–H groups in total. The van der Waals surface area contributed by atoms with Gasteiger partial charge in [-0.2, -0.15) is 10.5 Å². The van der Waals surface area contributed by atoms with Gasteiger partial charge in [0.1, 0.15) is 12.4 Å². The first-order valence-corrected chi connectivity index (χ1v) is 6.00. The third kappa shape index (κ3) is 5.66. The van der Waals surface area contributed by atoms with Crippen molar-refractivity contribution in [1.29, 1.82) is 10.5 Å². The van der Waals surface area contributed by atoms with Crippen molar-refractivity contribution in [3.63, 3.8) is 0 Å². The van der Waals surface area contributed by atoms with E-state index in [-0.39, 0.29) is 4.70 Å². The van der Waals surface area contributed by atoms with Gasteiger partial charge in [0, 0.05) is 6.42 Å². The monoisotopic (exact) mass is 280 g/mol. The lowest BCUT2D eigenvalue weighted by Gasteiger charge is -2.25. The van der Waals surface area contributed by atoms with Crippen molar-refractivity contribution >= 4 is 0 Å². The van der Waals surface area contributed by atoms with Crippen LogP contribution < -0.4 is 4.74 Å². The number of halogens is 1. The van der Waals surface area contributed by atoms with Crippen molar-refractivity contribution in [2.24, 2.45) is 0 Å². The first-order valence-electron chi connectivity index (χ1n) is 6.00. The van der Waals surface area contributed by atoms with Crippen molar-refractivity contribution in [1.82, 2.24) is 0 Å². The van der Waals surface area contributed by atoms with Gasteiger partial charge >= 0.3 is 0 Å². The van der Waals surface area contributed by atoms with Gasteiger partial charge in [-0.05, 0) is 12.1 Å². The molecule has 0 aromatic heterocycles. The van der Waals surface area contributed by atoms with E-state index in [9.17, 15) is 0 Å². The standard InChI is InChI=1S/C12H16O3.C2N2.FH/c1-2-12(14-8-9-15-12)10-13-11-6-4-3-5-7-11;3-1-2-4;/h3-7H,2,8-10H2,1H3;;1H. The maximum Gasteiger partial charge on any atom is 0.202 e. The number of hydrogen-bond acceptors (Lipinski definition) is 5. The lowest BCUT2D eigenvalue weighted by Crippen LogP contribution is -2.36. The molecule has 1 aliphatic heterocycles. The molecular weight excluding hydrogens is 263 g/mol. The Balaban J connectivity index is 0.000000644. The van der Waals surface area contributed by atoms with E-state index in [1.807, 2.05) is 37.3 Å². The Morgan fingerprint density at radius 2 is 1.70 bits per heavy atom. The fourth-order valence-corrected chi connectivity index (χ4v) is 1.60. The average Bonchev–Trinajstić information content (AvgIpc) is 2.96. The molecule has 0 spiro atoms. The van der Waals surface area contributed by atoms with Crippen LogP contribution >= 0.6 is 0 Å². The molecule has 6 heteroatoms. The molecule has 1 aromatic carbocycles. The van der Waals surface area contributed by atoms with Crippen molar-refractivity contribution in [3.8, 4) is 17.9 Å².